The molecule has 0 spiro atoms. The lowest BCUT2D eigenvalue weighted by Crippen LogP contribution is -2.10. The molecule has 17 heteroatoms. The van der Waals surface area contributed by atoms with Gasteiger partial charge in [-0.1, -0.05) is 114 Å². The van der Waals surface area contributed by atoms with E-state index in [2.05, 4.69) is 0 Å². The van der Waals surface area contributed by atoms with Gasteiger partial charge in [0.2, 0.25) is 0 Å². The SMILES string of the molecule is COc1cccc(C(=O)CCC(=O)c2ccc3c(c2)CCCO3)c1.COc1ccccc1C(=O)CCC(=O)c1ccc2c(c1)CCCO2.Cc1ccc(C(=O)CCC(=O)c2ccc3c(c2)CCCO3)cc1.Cc1ccc(C(=O)CCC(=O)c2ccc3c(c2)CCCO3)cc1.O=C(CCC(=O)c1ccc2c(c1)CCCO2)c1ccccc1. The third-order valence-corrected chi connectivity index (χ3v) is 20.7. The molecule has 0 amide bonds. The molecule has 10 aromatic carbocycles. The van der Waals surface area contributed by atoms with Gasteiger partial charge >= 0.3 is 0 Å². The molecule has 596 valence electrons. The molecule has 0 saturated heterocycles. The highest BCUT2D eigenvalue weighted by Crippen LogP contribution is 2.33. The summed E-state index contributed by atoms with van der Waals surface area (Å²) in [6, 6.07) is 65.9. The van der Waals surface area contributed by atoms with Crippen molar-refractivity contribution in [2.45, 2.75) is 142 Å². The topological polar surface area (TPSA) is 235 Å². The standard InChI is InChI=1S/2C20H20O4.2C20H20O3.C19H18O3/c1-23-17-6-2-4-14(13-17)18(21)8-9-19(22)15-7-10-20-16(12-15)5-3-11-24-20;1-23-20-7-3-2-6-16(20)18(22)10-9-17(21)14-8-11-19-15(13-14)5-4-12-24-19;2*1-14-4-6-15(7-5-14)18(21)9-10-19(22)16-8-11-20-17(13-16)3-2-12-23-20;20-17(14-5-2-1-3-6-14)9-10-18(21)15-8-11-19-16(13-15)7-4-12-22-19/h2,4,6-7,10,12-13H,3,5,8-9,11H2,1H3;2-3,6-8,11,13H,4-5,9-10,12H2,1H3;2*4-8,11,13H,2-3,9-10,12H2,1H3;1-3,5-6,8,11,13H,4,7,9-10,12H2. The number of hydrogen-bond donors (Lipinski definition) is 0. The average Bonchev–Trinajstić information content (AvgIpc) is 0.846. The van der Waals surface area contributed by atoms with E-state index in [0.29, 0.717) is 67.1 Å². The minimum atomic E-state index is -0.0814. The summed E-state index contributed by atoms with van der Waals surface area (Å²) in [5, 5.41) is 0. The number of benzene rings is 10. The molecular formula is C99H98O17. The zero-order valence-corrected chi connectivity index (χ0v) is 66.4. The van der Waals surface area contributed by atoms with Crippen LogP contribution in [0, 0.1) is 13.8 Å². The molecule has 0 radical (unpaired) electrons. The third kappa shape index (κ3) is 24.3. The molecule has 5 heterocycles. The molecular weight excluding hydrogens is 1460 g/mol. The van der Waals surface area contributed by atoms with Gasteiger partial charge in [0.15, 0.2) is 57.8 Å². The monoisotopic (exact) mass is 1560 g/mol. The maximum absolute atomic E-state index is 12.4. The number of hydrogen-bond acceptors (Lipinski definition) is 17. The molecule has 5 aliphatic heterocycles. The van der Waals surface area contributed by atoms with E-state index in [4.69, 9.17) is 33.2 Å². The van der Waals surface area contributed by atoms with Gasteiger partial charge in [-0.15, -0.1) is 0 Å². The number of rotatable bonds is 27. The van der Waals surface area contributed by atoms with E-state index >= 15 is 0 Å². The van der Waals surface area contributed by atoms with E-state index in [-0.39, 0.29) is 122 Å². The van der Waals surface area contributed by atoms with Crippen molar-refractivity contribution in [3.8, 4) is 40.2 Å². The molecule has 0 bridgehead atoms. The lowest BCUT2D eigenvalue weighted by atomic mass is 9.97. The minimum Gasteiger partial charge on any atom is -0.497 e. The molecule has 0 aliphatic carbocycles. The summed E-state index contributed by atoms with van der Waals surface area (Å²) >= 11 is 0. The van der Waals surface area contributed by atoms with Gasteiger partial charge < -0.3 is 33.2 Å². The number of aryl methyl sites for hydroxylation is 7. The van der Waals surface area contributed by atoms with Gasteiger partial charge in [0.1, 0.15) is 40.2 Å². The fraction of sp³-hybridized carbons (Fsp3) is 0.293. The van der Waals surface area contributed by atoms with Crippen LogP contribution in [0.15, 0.2) is 218 Å². The van der Waals surface area contributed by atoms with Crippen LogP contribution in [0.5, 0.6) is 40.2 Å². The van der Waals surface area contributed by atoms with Gasteiger partial charge in [0.05, 0.1) is 52.8 Å². The lowest BCUT2D eigenvalue weighted by Gasteiger charge is -2.17. The smallest absolute Gasteiger partial charge is 0.167 e. The Balaban J connectivity index is 0.000000143. The van der Waals surface area contributed by atoms with Gasteiger partial charge in [-0.25, -0.2) is 0 Å². The number of fused-ring (bicyclic) bond motifs is 5. The van der Waals surface area contributed by atoms with Crippen molar-refractivity contribution in [3.05, 3.63) is 313 Å². The molecule has 0 saturated carbocycles. The molecule has 0 N–H and O–H groups in total. The van der Waals surface area contributed by atoms with Crippen molar-refractivity contribution in [1.29, 1.82) is 0 Å². The van der Waals surface area contributed by atoms with Crippen molar-refractivity contribution in [2.24, 2.45) is 0 Å². The summed E-state index contributed by atoms with van der Waals surface area (Å²) in [6.07, 6.45) is 11.8. The van der Waals surface area contributed by atoms with Gasteiger partial charge in [-0.3, -0.25) is 47.9 Å². The zero-order chi connectivity index (χ0) is 81.7. The van der Waals surface area contributed by atoms with Crippen LogP contribution in [0.4, 0.5) is 0 Å². The Bertz CT molecular complexity index is 5040. The van der Waals surface area contributed by atoms with Crippen LogP contribution < -0.4 is 33.2 Å². The van der Waals surface area contributed by atoms with Crippen molar-refractivity contribution in [1.82, 2.24) is 0 Å². The van der Waals surface area contributed by atoms with Crippen molar-refractivity contribution in [3.63, 3.8) is 0 Å². The maximum atomic E-state index is 12.4. The van der Waals surface area contributed by atoms with Gasteiger partial charge in [-0.2, -0.15) is 0 Å². The van der Waals surface area contributed by atoms with E-state index in [1.165, 1.54) is 7.11 Å². The summed E-state index contributed by atoms with van der Waals surface area (Å²) < 4.78 is 38.1. The molecule has 116 heavy (non-hydrogen) atoms. The Morgan fingerprint density at radius 3 is 0.802 bits per heavy atom. The van der Waals surface area contributed by atoms with Crippen LogP contribution in [0.25, 0.3) is 0 Å². The van der Waals surface area contributed by atoms with Crippen molar-refractivity contribution in [2.75, 3.05) is 47.3 Å². The maximum Gasteiger partial charge on any atom is 0.167 e. The summed E-state index contributed by atoms with van der Waals surface area (Å²) in [6.45, 7) is 7.65. The van der Waals surface area contributed by atoms with Crippen LogP contribution in [-0.4, -0.2) is 105 Å². The summed E-state index contributed by atoms with van der Waals surface area (Å²) in [7, 11) is 3.10. The largest absolute Gasteiger partial charge is 0.497 e. The van der Waals surface area contributed by atoms with E-state index in [1.807, 2.05) is 147 Å². The average molecular weight is 1560 g/mol. The first-order chi connectivity index (χ1) is 56.4. The third-order valence-electron chi connectivity index (χ3n) is 20.7. The number of carbonyl (C=O) groups is 10. The Morgan fingerprint density at radius 2 is 0.500 bits per heavy atom. The van der Waals surface area contributed by atoms with Crippen molar-refractivity contribution < 1.29 is 81.1 Å². The molecule has 0 unspecified atom stereocenters. The predicted octanol–water partition coefficient (Wildman–Crippen LogP) is 19.9. The second kappa shape index (κ2) is 42.6. The van der Waals surface area contributed by atoms with Crippen LogP contribution in [0.1, 0.15) is 239 Å². The van der Waals surface area contributed by atoms with Gasteiger partial charge in [0, 0.05) is 114 Å². The second-order valence-electron chi connectivity index (χ2n) is 29.1. The molecule has 10 aromatic rings. The fourth-order valence-corrected chi connectivity index (χ4v) is 14.0. The summed E-state index contributed by atoms with van der Waals surface area (Å²) in [5.41, 5.74) is 14.1. The highest BCUT2D eigenvalue weighted by Gasteiger charge is 2.23. The van der Waals surface area contributed by atoms with E-state index < -0.39 is 0 Å². The summed E-state index contributed by atoms with van der Waals surface area (Å²) in [4.78, 5) is 123. The molecule has 17 nitrogen and oxygen atoms in total. The number of methoxy groups -OCH3 is 2. The molecule has 5 aliphatic rings. The second-order valence-corrected chi connectivity index (χ2v) is 29.1. The highest BCUT2D eigenvalue weighted by atomic mass is 16.5. The number of carbonyl (C=O) groups excluding carboxylic acids is 10. The number of Topliss-reactive ketones (excluding diaryl/α,β-unsaturated/α-hetero) is 10. The quantitative estimate of drug-likeness (QED) is 0.0435. The first-order valence-electron chi connectivity index (χ1n) is 39.9. The molecule has 15 rings (SSSR count). The molecule has 0 atom stereocenters. The van der Waals surface area contributed by atoms with E-state index in [9.17, 15) is 47.9 Å². The van der Waals surface area contributed by atoms with Crippen LogP contribution in [0.2, 0.25) is 0 Å². The Kier molecular flexibility index (Phi) is 31.0. The summed E-state index contributed by atoms with van der Waals surface area (Å²) in [5.74, 6) is 5.45. The van der Waals surface area contributed by atoms with Crippen LogP contribution in [-0.2, 0) is 32.1 Å². The van der Waals surface area contributed by atoms with Crippen LogP contribution >= 0.6 is 0 Å². The normalized spacial score (nSPS) is 13.0. The van der Waals surface area contributed by atoms with E-state index in [1.54, 1.807) is 92.0 Å². The van der Waals surface area contributed by atoms with Gasteiger partial charge in [-0.05, 0) is 221 Å². The zero-order valence-electron chi connectivity index (χ0n) is 66.4. The molecule has 0 fully saturated rings. The predicted molar refractivity (Wildman–Crippen MR) is 446 cm³/mol. The van der Waals surface area contributed by atoms with E-state index in [0.717, 1.165) is 165 Å². The first kappa shape index (κ1) is 84.4. The minimum absolute atomic E-state index is 0.00948. The number of ketones is 10. The fourth-order valence-electron chi connectivity index (χ4n) is 14.0. The highest BCUT2D eigenvalue weighted by molar-refractivity contribution is 6.06. The van der Waals surface area contributed by atoms with Gasteiger partial charge in [0.25, 0.3) is 0 Å². The number of para-hydroxylation sites is 1. The molecule has 0 aromatic heterocycles. The van der Waals surface area contributed by atoms with Crippen molar-refractivity contribution >= 4 is 57.8 Å². The first-order valence-corrected chi connectivity index (χ1v) is 39.9. The Hall–Kier alpha value is -12.5. The Labute approximate surface area is 678 Å². The lowest BCUT2D eigenvalue weighted by molar-refractivity contribution is 0.0915. The number of ether oxygens (including phenoxy) is 7. The van der Waals surface area contributed by atoms with Crippen LogP contribution in [0.3, 0.4) is 0 Å². The Morgan fingerprint density at radius 1 is 0.250 bits per heavy atom.